The van der Waals surface area contributed by atoms with Crippen LogP contribution < -0.4 is 5.32 Å². The SMILES string of the molecule is Cc1ccc(NC(C)c2cccc3ccccc23)cc1I. The first-order valence-electron chi connectivity index (χ1n) is 7.15. The molecule has 1 unspecified atom stereocenters. The van der Waals surface area contributed by atoms with E-state index in [0.29, 0.717) is 0 Å². The van der Waals surface area contributed by atoms with Crippen LogP contribution in [0.25, 0.3) is 10.8 Å². The molecule has 0 spiro atoms. The number of hydrogen-bond donors (Lipinski definition) is 1. The van der Waals surface area contributed by atoms with E-state index in [1.54, 1.807) is 0 Å². The van der Waals surface area contributed by atoms with Crippen LogP contribution >= 0.6 is 22.6 Å². The zero-order valence-electron chi connectivity index (χ0n) is 12.2. The van der Waals surface area contributed by atoms with Crippen LogP contribution in [0.5, 0.6) is 0 Å². The van der Waals surface area contributed by atoms with Gasteiger partial charge in [-0.05, 0) is 70.5 Å². The first-order valence-corrected chi connectivity index (χ1v) is 8.23. The van der Waals surface area contributed by atoms with Crippen molar-refractivity contribution in [2.75, 3.05) is 5.32 Å². The van der Waals surface area contributed by atoms with E-state index >= 15 is 0 Å². The van der Waals surface area contributed by atoms with Gasteiger partial charge in [0.05, 0.1) is 0 Å². The van der Waals surface area contributed by atoms with Crippen molar-refractivity contribution >= 4 is 39.1 Å². The molecule has 3 rings (SSSR count). The first kappa shape index (κ1) is 14.4. The van der Waals surface area contributed by atoms with Gasteiger partial charge in [-0.1, -0.05) is 48.5 Å². The molecule has 0 bridgehead atoms. The Morgan fingerprint density at radius 1 is 0.952 bits per heavy atom. The highest BCUT2D eigenvalue weighted by Gasteiger charge is 2.09. The molecular formula is C19H18IN. The number of halogens is 1. The topological polar surface area (TPSA) is 12.0 Å². The fourth-order valence-corrected chi connectivity index (χ4v) is 3.15. The lowest BCUT2D eigenvalue weighted by Crippen LogP contribution is -2.07. The lowest BCUT2D eigenvalue weighted by molar-refractivity contribution is 0.894. The first-order chi connectivity index (χ1) is 10.1. The molecule has 0 aliphatic rings. The number of benzene rings is 3. The standard InChI is InChI=1S/C19H18IN/c1-13-10-11-16(12-19(13)20)21-14(2)17-9-5-7-15-6-3-4-8-18(15)17/h3-12,14,21H,1-2H3. The molecule has 1 N–H and O–H groups in total. The van der Waals surface area contributed by atoms with E-state index in [1.165, 1.54) is 31.2 Å². The second-order valence-corrected chi connectivity index (χ2v) is 6.56. The molecule has 0 saturated carbocycles. The van der Waals surface area contributed by atoms with Gasteiger partial charge >= 0.3 is 0 Å². The van der Waals surface area contributed by atoms with Crippen LogP contribution in [-0.4, -0.2) is 0 Å². The van der Waals surface area contributed by atoms with Gasteiger partial charge in [0.15, 0.2) is 0 Å². The molecule has 3 aromatic carbocycles. The van der Waals surface area contributed by atoms with Gasteiger partial charge < -0.3 is 5.32 Å². The summed E-state index contributed by atoms with van der Waals surface area (Å²) < 4.78 is 1.29. The molecular weight excluding hydrogens is 369 g/mol. The number of hydrogen-bond acceptors (Lipinski definition) is 1. The van der Waals surface area contributed by atoms with Gasteiger partial charge in [-0.3, -0.25) is 0 Å². The normalized spacial score (nSPS) is 12.3. The quantitative estimate of drug-likeness (QED) is 0.550. The van der Waals surface area contributed by atoms with Crippen molar-refractivity contribution in [3.63, 3.8) is 0 Å². The Balaban J connectivity index is 1.93. The Kier molecular flexibility index (Phi) is 4.15. The monoisotopic (exact) mass is 387 g/mol. The number of rotatable bonds is 3. The molecule has 1 nitrogen and oxygen atoms in total. The van der Waals surface area contributed by atoms with E-state index < -0.39 is 0 Å². The van der Waals surface area contributed by atoms with Crippen molar-refractivity contribution in [2.24, 2.45) is 0 Å². The summed E-state index contributed by atoms with van der Waals surface area (Å²) in [5, 5.41) is 6.23. The van der Waals surface area contributed by atoms with Crippen LogP contribution in [0.15, 0.2) is 60.7 Å². The number of nitrogens with one attached hydrogen (secondary N) is 1. The van der Waals surface area contributed by atoms with E-state index in [0.717, 1.165) is 0 Å². The van der Waals surface area contributed by atoms with Gasteiger partial charge in [0.25, 0.3) is 0 Å². The number of anilines is 1. The maximum Gasteiger partial charge on any atom is 0.0491 e. The molecule has 0 aliphatic heterocycles. The molecule has 1 atom stereocenters. The summed E-state index contributed by atoms with van der Waals surface area (Å²) in [6.07, 6.45) is 0. The highest BCUT2D eigenvalue weighted by atomic mass is 127. The average molecular weight is 387 g/mol. The fourth-order valence-electron chi connectivity index (χ4n) is 2.64. The van der Waals surface area contributed by atoms with Crippen LogP contribution in [0.1, 0.15) is 24.1 Å². The van der Waals surface area contributed by atoms with Gasteiger partial charge in [0, 0.05) is 15.3 Å². The fraction of sp³-hybridized carbons (Fsp3) is 0.158. The lowest BCUT2D eigenvalue weighted by Gasteiger charge is -2.18. The zero-order valence-corrected chi connectivity index (χ0v) is 14.4. The van der Waals surface area contributed by atoms with Crippen molar-refractivity contribution in [2.45, 2.75) is 19.9 Å². The van der Waals surface area contributed by atoms with Crippen LogP contribution in [0, 0.1) is 10.5 Å². The number of aryl methyl sites for hydroxylation is 1. The Hall–Kier alpha value is -1.55. The van der Waals surface area contributed by atoms with E-state index in [1.807, 2.05) is 0 Å². The van der Waals surface area contributed by atoms with Crippen molar-refractivity contribution in [3.05, 3.63) is 75.4 Å². The molecule has 0 radical (unpaired) electrons. The minimum atomic E-state index is 0.273. The van der Waals surface area contributed by atoms with E-state index in [4.69, 9.17) is 0 Å². The minimum Gasteiger partial charge on any atom is -0.378 e. The predicted molar refractivity (Wildman–Crippen MR) is 99.9 cm³/mol. The van der Waals surface area contributed by atoms with Gasteiger partial charge in [-0.15, -0.1) is 0 Å². The summed E-state index contributed by atoms with van der Waals surface area (Å²) >= 11 is 2.39. The van der Waals surface area contributed by atoms with Crippen molar-refractivity contribution in [3.8, 4) is 0 Å². The molecule has 0 saturated heterocycles. The summed E-state index contributed by atoms with van der Waals surface area (Å²) in [5.74, 6) is 0. The van der Waals surface area contributed by atoms with Crippen LogP contribution in [0.4, 0.5) is 5.69 Å². The predicted octanol–water partition coefficient (Wildman–Crippen LogP) is 5.93. The Morgan fingerprint density at radius 2 is 1.71 bits per heavy atom. The van der Waals surface area contributed by atoms with Crippen LogP contribution in [0.2, 0.25) is 0 Å². The van der Waals surface area contributed by atoms with Crippen LogP contribution in [0.3, 0.4) is 0 Å². The second-order valence-electron chi connectivity index (χ2n) is 5.40. The van der Waals surface area contributed by atoms with Gasteiger partial charge in [0.1, 0.15) is 0 Å². The summed E-state index contributed by atoms with van der Waals surface area (Å²) in [4.78, 5) is 0. The van der Waals surface area contributed by atoms with Crippen molar-refractivity contribution in [1.82, 2.24) is 0 Å². The molecule has 0 aliphatic carbocycles. The smallest absolute Gasteiger partial charge is 0.0491 e. The Labute approximate surface area is 139 Å². The average Bonchev–Trinajstić information content (AvgIpc) is 2.50. The maximum atomic E-state index is 3.61. The molecule has 0 fully saturated rings. The third-order valence-electron chi connectivity index (χ3n) is 3.84. The summed E-state index contributed by atoms with van der Waals surface area (Å²) in [6.45, 7) is 4.36. The Morgan fingerprint density at radius 3 is 2.52 bits per heavy atom. The van der Waals surface area contributed by atoms with Gasteiger partial charge in [0.2, 0.25) is 0 Å². The number of fused-ring (bicyclic) bond motifs is 1. The summed E-state index contributed by atoms with van der Waals surface area (Å²) in [6, 6.07) is 21.9. The van der Waals surface area contributed by atoms with Gasteiger partial charge in [-0.2, -0.15) is 0 Å². The van der Waals surface area contributed by atoms with Crippen molar-refractivity contribution in [1.29, 1.82) is 0 Å². The molecule has 2 heteroatoms. The Bertz CT molecular complexity index is 774. The van der Waals surface area contributed by atoms with Crippen LogP contribution in [-0.2, 0) is 0 Å². The minimum absolute atomic E-state index is 0.273. The summed E-state index contributed by atoms with van der Waals surface area (Å²) in [7, 11) is 0. The molecule has 0 aromatic heterocycles. The summed E-state index contributed by atoms with van der Waals surface area (Å²) in [5.41, 5.74) is 3.83. The van der Waals surface area contributed by atoms with E-state index in [2.05, 4.69) is 102 Å². The van der Waals surface area contributed by atoms with Gasteiger partial charge in [-0.25, -0.2) is 0 Å². The molecule has 3 aromatic rings. The molecule has 0 amide bonds. The zero-order chi connectivity index (χ0) is 14.8. The third-order valence-corrected chi connectivity index (χ3v) is 5.01. The third kappa shape index (κ3) is 3.05. The van der Waals surface area contributed by atoms with Crippen molar-refractivity contribution < 1.29 is 0 Å². The van der Waals surface area contributed by atoms with E-state index in [9.17, 15) is 0 Å². The largest absolute Gasteiger partial charge is 0.378 e. The molecule has 21 heavy (non-hydrogen) atoms. The highest BCUT2D eigenvalue weighted by Crippen LogP contribution is 2.27. The molecule has 106 valence electrons. The second kappa shape index (κ2) is 6.06. The molecule has 0 heterocycles. The van der Waals surface area contributed by atoms with E-state index in [-0.39, 0.29) is 6.04 Å². The highest BCUT2D eigenvalue weighted by molar-refractivity contribution is 14.1. The lowest BCUT2D eigenvalue weighted by atomic mass is 9.99. The maximum absolute atomic E-state index is 3.61.